The van der Waals surface area contributed by atoms with Crippen molar-refractivity contribution in [1.82, 2.24) is 4.90 Å². The molecule has 0 aromatic rings. The maximum Gasteiger partial charge on any atom is 0.235 e. The van der Waals surface area contributed by atoms with E-state index in [4.69, 9.17) is 23.2 Å². The largest absolute Gasteiger partial charge is 0.748 e. The van der Waals surface area contributed by atoms with Crippen molar-refractivity contribution < 1.29 is 17.5 Å². The summed E-state index contributed by atoms with van der Waals surface area (Å²) in [6, 6.07) is 0.921. The Hall–Kier alpha value is 0.140. The van der Waals surface area contributed by atoms with Crippen LogP contribution in [0, 0.1) is 0 Å². The van der Waals surface area contributed by atoms with Crippen LogP contribution < -0.4 is 0 Å². The van der Waals surface area contributed by atoms with Crippen molar-refractivity contribution in [3.05, 3.63) is 22.8 Å². The van der Waals surface area contributed by atoms with E-state index in [0.29, 0.717) is 35.4 Å². The number of alkyl halides is 2. The monoisotopic (exact) mass is 580 g/mol. The Morgan fingerprint density at radius 1 is 1.09 bits per heavy atom. The van der Waals surface area contributed by atoms with Crippen LogP contribution in [-0.2, 0) is 10.1 Å². The predicted octanol–water partition coefficient (Wildman–Crippen LogP) is 5.77. The van der Waals surface area contributed by atoms with Crippen LogP contribution in [-0.4, -0.2) is 79.7 Å². The first-order valence-corrected chi connectivity index (χ1v) is 17.3. The summed E-state index contributed by atoms with van der Waals surface area (Å²) in [5.41, 5.74) is 1.32. The summed E-state index contributed by atoms with van der Waals surface area (Å²) in [5, 5.41) is 4.29. The quantitative estimate of drug-likeness (QED) is 0.149. The summed E-state index contributed by atoms with van der Waals surface area (Å²) in [6.45, 7) is 6.22. The number of nitrogens with zero attached hydrogens (tertiary/aromatic N) is 2. The lowest BCUT2D eigenvalue weighted by atomic mass is 9.93. The standard InChI is InChI=1S/C25H38Cl2N2O3S3/c1-3-17(13-24-28(4-2)20-15-18(26)7-9-22(20)33-24)14-25-29(11-5-6-12-35(30,31)32)21-16-19(27)8-10-23(21)34-25/h13-14,18-23H,3-12,15-16H2,1-2H3. The maximum absolute atomic E-state index is 11.0. The Labute approximate surface area is 229 Å². The van der Waals surface area contributed by atoms with Gasteiger partial charge in [-0.05, 0) is 75.3 Å². The van der Waals surface area contributed by atoms with Crippen LogP contribution >= 0.6 is 46.7 Å². The second-order valence-corrected chi connectivity index (χ2v) is 15.4. The summed E-state index contributed by atoms with van der Waals surface area (Å²) in [4.78, 5) is 2.55. The average Bonchev–Trinajstić information content (AvgIpc) is 3.31. The molecule has 0 amide bonds. The molecular weight excluding hydrogens is 543 g/mol. The van der Waals surface area contributed by atoms with Gasteiger partial charge >= 0.3 is 0 Å². The molecule has 0 aromatic carbocycles. The van der Waals surface area contributed by atoms with Crippen LogP contribution in [0.5, 0.6) is 0 Å². The highest BCUT2D eigenvalue weighted by molar-refractivity contribution is 8.14. The number of rotatable bonds is 9. The summed E-state index contributed by atoms with van der Waals surface area (Å²) < 4.78 is 35.6. The van der Waals surface area contributed by atoms with Gasteiger partial charge in [-0.15, -0.1) is 35.0 Å². The Bertz CT molecular complexity index is 969. The molecular formula is C25H38Cl2N2O3S3. The summed E-state index contributed by atoms with van der Waals surface area (Å²) in [5.74, 6) is -0.284. The van der Waals surface area contributed by atoms with Crippen molar-refractivity contribution in [3.8, 4) is 0 Å². The lowest BCUT2D eigenvalue weighted by Gasteiger charge is -2.33. The van der Waals surface area contributed by atoms with Crippen LogP contribution in [0.15, 0.2) is 22.8 Å². The second-order valence-electron chi connectivity index (χ2n) is 10.1. The zero-order valence-corrected chi connectivity index (χ0v) is 24.7. The predicted molar refractivity (Wildman–Crippen MR) is 150 cm³/mol. The molecule has 2 saturated carbocycles. The first kappa shape index (κ1) is 28.2. The molecule has 198 valence electrons. The molecule has 2 heterocycles. The summed E-state index contributed by atoms with van der Waals surface area (Å²) >= 11 is 17.1. The highest BCUT2D eigenvalue weighted by atomic mass is 35.5. The van der Waals surface area contributed by atoms with Gasteiger partial charge < -0.3 is 9.45 Å². The molecule has 5 nitrogen and oxygen atoms in total. The normalized spacial score (nSPS) is 35.1. The van der Waals surface area contributed by atoms with Crippen molar-refractivity contribution in [3.63, 3.8) is 0 Å². The fourth-order valence-electron chi connectivity index (χ4n) is 5.87. The van der Waals surface area contributed by atoms with Gasteiger partial charge in [-0.3, -0.25) is 0 Å². The van der Waals surface area contributed by atoms with E-state index in [1.807, 2.05) is 23.5 Å². The number of allylic oxidation sites excluding steroid dienone is 2. The summed E-state index contributed by atoms with van der Waals surface area (Å²) in [6.07, 6.45) is 13.3. The van der Waals surface area contributed by atoms with Crippen LogP contribution in [0.4, 0.5) is 0 Å². The van der Waals surface area contributed by atoms with Crippen molar-refractivity contribution in [1.29, 1.82) is 0 Å². The van der Waals surface area contributed by atoms with Crippen LogP contribution in [0.2, 0.25) is 0 Å². The van der Waals surface area contributed by atoms with Crippen molar-refractivity contribution >= 4 is 61.9 Å². The Balaban J connectivity index is 1.56. The van der Waals surface area contributed by atoms with E-state index in [9.17, 15) is 13.0 Å². The molecule has 0 bridgehead atoms. The molecule has 6 atom stereocenters. The van der Waals surface area contributed by atoms with E-state index >= 15 is 0 Å². The molecule has 10 heteroatoms. The fourth-order valence-corrected chi connectivity index (χ4v) is 10.2. The molecule has 3 fully saturated rings. The van der Waals surface area contributed by atoms with Gasteiger partial charge in [0.25, 0.3) is 0 Å². The van der Waals surface area contributed by atoms with E-state index in [2.05, 4.69) is 35.5 Å². The van der Waals surface area contributed by atoms with E-state index in [1.165, 1.54) is 22.1 Å². The molecule has 0 N–H and O–H groups in total. The number of unbranched alkanes of at least 4 members (excludes halogenated alkanes) is 1. The molecule has 0 spiro atoms. The number of halogens is 2. The van der Waals surface area contributed by atoms with Crippen LogP contribution in [0.25, 0.3) is 0 Å². The second kappa shape index (κ2) is 12.3. The van der Waals surface area contributed by atoms with Gasteiger partial charge in [0.15, 0.2) is 6.04 Å². The number of fused-ring (bicyclic) bond motifs is 2. The molecule has 1 saturated heterocycles. The van der Waals surface area contributed by atoms with Gasteiger partial charge in [0, 0.05) is 53.3 Å². The average molecular weight is 582 g/mol. The molecule has 2 aliphatic carbocycles. The first-order chi connectivity index (χ1) is 16.7. The highest BCUT2D eigenvalue weighted by Gasteiger charge is 2.45. The molecule has 4 rings (SSSR count). The number of hydrogen-bond donors (Lipinski definition) is 0. The minimum atomic E-state index is -4.16. The molecule has 6 unspecified atom stereocenters. The van der Waals surface area contributed by atoms with Gasteiger partial charge in [0.1, 0.15) is 6.54 Å². The van der Waals surface area contributed by atoms with Crippen molar-refractivity contribution in [2.75, 3.05) is 18.8 Å². The topological polar surface area (TPSA) is 63.4 Å². The fraction of sp³-hybridized carbons (Fsp3) is 0.800. The Morgan fingerprint density at radius 2 is 1.80 bits per heavy atom. The Morgan fingerprint density at radius 3 is 2.49 bits per heavy atom. The molecule has 0 radical (unpaired) electrons. The van der Waals surface area contributed by atoms with Crippen LogP contribution in [0.1, 0.15) is 71.6 Å². The Kier molecular flexibility index (Phi) is 9.92. The highest BCUT2D eigenvalue weighted by Crippen LogP contribution is 2.47. The van der Waals surface area contributed by atoms with Gasteiger partial charge in [-0.2, -0.15) is 0 Å². The van der Waals surface area contributed by atoms with Crippen molar-refractivity contribution in [2.45, 2.75) is 105 Å². The summed E-state index contributed by atoms with van der Waals surface area (Å²) in [7, 11) is -4.16. The molecule has 0 aromatic heterocycles. The third-order valence-corrected chi connectivity index (χ3v) is 12.2. The molecule has 4 aliphatic rings. The lowest BCUT2D eigenvalue weighted by molar-refractivity contribution is -0.562. The van der Waals surface area contributed by atoms with E-state index < -0.39 is 10.1 Å². The number of thioether (sulfide) groups is 2. The molecule has 35 heavy (non-hydrogen) atoms. The molecule has 2 aliphatic heterocycles. The lowest BCUT2D eigenvalue weighted by Crippen LogP contribution is -2.39. The third-order valence-electron chi connectivity index (χ3n) is 7.70. The van der Waals surface area contributed by atoms with Crippen LogP contribution in [0.3, 0.4) is 0 Å². The van der Waals surface area contributed by atoms with Gasteiger partial charge in [-0.1, -0.05) is 6.92 Å². The minimum absolute atomic E-state index is 0.194. The van der Waals surface area contributed by atoms with Gasteiger partial charge in [-0.25, -0.2) is 13.0 Å². The van der Waals surface area contributed by atoms with E-state index in [0.717, 1.165) is 51.6 Å². The third kappa shape index (κ3) is 7.17. The first-order valence-electron chi connectivity index (χ1n) is 13.1. The number of hydrogen-bond acceptors (Lipinski definition) is 6. The van der Waals surface area contributed by atoms with Gasteiger partial charge in [0.2, 0.25) is 5.04 Å². The zero-order valence-electron chi connectivity index (χ0n) is 20.7. The zero-order chi connectivity index (χ0) is 25.2. The smallest absolute Gasteiger partial charge is 0.235 e. The minimum Gasteiger partial charge on any atom is -0.748 e. The van der Waals surface area contributed by atoms with Gasteiger partial charge in [0.05, 0.1) is 20.4 Å². The van der Waals surface area contributed by atoms with Crippen molar-refractivity contribution in [2.24, 2.45) is 0 Å². The van der Waals surface area contributed by atoms with E-state index in [-0.39, 0.29) is 16.5 Å². The maximum atomic E-state index is 11.0. The van der Waals surface area contributed by atoms with E-state index in [1.54, 1.807) is 0 Å². The SMILES string of the molecule is CCC(=CC1=[N+](CCCCS(=O)(=O)[O-])C2CC(Cl)CCC2S1)C=C1SC2CCC(Cl)CC2N1CC.